The van der Waals surface area contributed by atoms with Gasteiger partial charge in [-0.2, -0.15) is 0 Å². The Kier molecular flexibility index (Phi) is 5.77. The van der Waals surface area contributed by atoms with E-state index >= 15 is 0 Å². The Morgan fingerprint density at radius 2 is 1.52 bits per heavy atom. The minimum atomic E-state index is -3.39. The summed E-state index contributed by atoms with van der Waals surface area (Å²) < 4.78 is 25.3. The van der Waals surface area contributed by atoms with Crippen LogP contribution >= 0.6 is 0 Å². The molecule has 0 atom stereocenters. The number of hydrogen-bond acceptors (Lipinski definition) is 3. The van der Waals surface area contributed by atoms with E-state index in [1.165, 1.54) is 6.26 Å². The number of aryl methyl sites for hydroxylation is 1. The number of ketones is 1. The van der Waals surface area contributed by atoms with Gasteiger partial charge in [-0.05, 0) is 46.1 Å². The molecule has 1 heterocycles. The number of hydrogen-bond donors (Lipinski definition) is 1. The van der Waals surface area contributed by atoms with Gasteiger partial charge < -0.3 is 4.98 Å². The quantitative estimate of drug-likeness (QED) is 0.745. The first-order chi connectivity index (χ1) is 12.2. The predicted octanol–water partition coefficient (Wildman–Crippen LogP) is 4.83. The highest BCUT2D eigenvalue weighted by atomic mass is 32.2. The molecule has 0 radical (unpaired) electrons. The van der Waals surface area contributed by atoms with Gasteiger partial charge >= 0.3 is 0 Å². The Labute approximate surface area is 163 Å². The van der Waals surface area contributed by atoms with Crippen LogP contribution in [0.5, 0.6) is 0 Å². The molecule has 0 aliphatic carbocycles. The fraction of sp³-hybridized carbons (Fsp3) is 0.500. The van der Waals surface area contributed by atoms with Gasteiger partial charge in [-0.3, -0.25) is 4.79 Å². The molecule has 148 valence electrons. The standard InChI is InChI=1S/C22H31NO3S/c1-21(2,3)16-13-15(10-11-19(24)18-9-8-12-23-18)14-17(22(4,5)6)20(16)27(7,25)26/h8-9,12-14,23H,10-11H2,1-7H3. The van der Waals surface area contributed by atoms with Crippen LogP contribution in [0, 0.1) is 0 Å². The topological polar surface area (TPSA) is 67.0 Å². The number of sulfone groups is 1. The van der Waals surface area contributed by atoms with Crippen LogP contribution in [0.2, 0.25) is 0 Å². The number of aromatic nitrogens is 1. The van der Waals surface area contributed by atoms with Gasteiger partial charge in [0.2, 0.25) is 0 Å². The summed E-state index contributed by atoms with van der Waals surface area (Å²) in [7, 11) is -3.39. The fourth-order valence-electron chi connectivity index (χ4n) is 3.24. The second-order valence-electron chi connectivity index (χ2n) is 9.30. The molecule has 0 saturated heterocycles. The van der Waals surface area contributed by atoms with Crippen molar-refractivity contribution in [1.29, 1.82) is 0 Å². The van der Waals surface area contributed by atoms with Crippen molar-refractivity contribution in [2.24, 2.45) is 0 Å². The summed E-state index contributed by atoms with van der Waals surface area (Å²) in [4.78, 5) is 15.7. The van der Waals surface area contributed by atoms with Crippen molar-refractivity contribution < 1.29 is 13.2 Å². The fourth-order valence-corrected chi connectivity index (χ4v) is 4.77. The van der Waals surface area contributed by atoms with Gasteiger partial charge in [-0.1, -0.05) is 53.7 Å². The van der Waals surface area contributed by atoms with Gasteiger partial charge in [-0.15, -0.1) is 0 Å². The molecule has 27 heavy (non-hydrogen) atoms. The summed E-state index contributed by atoms with van der Waals surface area (Å²) in [5.74, 6) is 0.0572. The number of rotatable bonds is 5. The van der Waals surface area contributed by atoms with Crippen molar-refractivity contribution >= 4 is 15.6 Å². The summed E-state index contributed by atoms with van der Waals surface area (Å²) in [6, 6.07) is 7.51. The van der Waals surface area contributed by atoms with Gasteiger partial charge in [0, 0.05) is 18.9 Å². The Balaban J connectivity index is 2.55. The predicted molar refractivity (Wildman–Crippen MR) is 110 cm³/mol. The third-order valence-electron chi connectivity index (χ3n) is 4.67. The first-order valence-corrected chi connectivity index (χ1v) is 11.1. The summed E-state index contributed by atoms with van der Waals surface area (Å²) in [6.45, 7) is 12.2. The Morgan fingerprint density at radius 1 is 1.00 bits per heavy atom. The largest absolute Gasteiger partial charge is 0.359 e. The molecule has 0 aliphatic rings. The molecule has 0 aliphatic heterocycles. The summed E-state index contributed by atoms with van der Waals surface area (Å²) in [5, 5.41) is 0. The normalized spacial score (nSPS) is 13.0. The molecule has 0 spiro atoms. The van der Waals surface area contributed by atoms with Crippen molar-refractivity contribution in [2.75, 3.05) is 6.26 Å². The zero-order valence-electron chi connectivity index (χ0n) is 17.4. The van der Waals surface area contributed by atoms with Crippen LogP contribution in [0.3, 0.4) is 0 Å². The van der Waals surface area contributed by atoms with Crippen LogP contribution in [-0.4, -0.2) is 25.4 Å². The number of carbonyl (C=O) groups excluding carboxylic acids is 1. The van der Waals surface area contributed by atoms with Gasteiger partial charge in [-0.25, -0.2) is 8.42 Å². The van der Waals surface area contributed by atoms with Gasteiger partial charge in [0.15, 0.2) is 15.6 Å². The SMILES string of the molecule is CC(C)(C)c1cc(CCC(=O)c2ccc[nH]2)cc(C(C)(C)C)c1S(C)(=O)=O. The lowest BCUT2D eigenvalue weighted by atomic mass is 9.79. The lowest BCUT2D eigenvalue weighted by molar-refractivity contribution is 0.0978. The molecule has 1 N–H and O–H groups in total. The number of carbonyl (C=O) groups is 1. The van der Waals surface area contributed by atoms with Crippen molar-refractivity contribution in [3.05, 3.63) is 52.8 Å². The van der Waals surface area contributed by atoms with Crippen LogP contribution in [0.4, 0.5) is 0 Å². The third-order valence-corrected chi connectivity index (χ3v) is 5.86. The average molecular weight is 390 g/mol. The number of Topliss-reactive ketones (excluding diaryl/α,β-unsaturated/α-hetero) is 1. The molecule has 4 nitrogen and oxygen atoms in total. The Hall–Kier alpha value is -1.88. The van der Waals surface area contributed by atoms with Crippen LogP contribution in [-0.2, 0) is 27.1 Å². The Bertz CT molecular complexity index is 890. The summed E-state index contributed by atoms with van der Waals surface area (Å²) in [5.41, 5.74) is 2.60. The van der Waals surface area contributed by atoms with E-state index < -0.39 is 9.84 Å². The van der Waals surface area contributed by atoms with Gasteiger partial charge in [0.05, 0.1) is 10.6 Å². The maximum absolute atomic E-state index is 12.6. The lowest BCUT2D eigenvalue weighted by Gasteiger charge is -2.30. The minimum Gasteiger partial charge on any atom is -0.359 e. The van der Waals surface area contributed by atoms with Crippen molar-refractivity contribution in [3.63, 3.8) is 0 Å². The first kappa shape index (κ1) is 21.4. The minimum absolute atomic E-state index is 0.0572. The molecule has 0 amide bonds. The van der Waals surface area contributed by atoms with Crippen molar-refractivity contribution in [1.82, 2.24) is 4.98 Å². The van der Waals surface area contributed by atoms with Crippen LogP contribution in [0.1, 0.15) is 75.1 Å². The van der Waals surface area contributed by atoms with E-state index in [0.29, 0.717) is 23.4 Å². The zero-order valence-corrected chi connectivity index (χ0v) is 18.3. The number of H-pyrrole nitrogens is 1. The van der Waals surface area contributed by atoms with E-state index in [-0.39, 0.29) is 16.6 Å². The van der Waals surface area contributed by atoms with E-state index in [1.807, 2.05) is 59.7 Å². The third kappa shape index (κ3) is 5.10. The lowest BCUT2D eigenvalue weighted by Crippen LogP contribution is -2.24. The molecule has 0 bridgehead atoms. The molecule has 5 heteroatoms. The summed E-state index contributed by atoms with van der Waals surface area (Å²) >= 11 is 0. The molecule has 0 saturated carbocycles. The number of benzene rings is 1. The molecular weight excluding hydrogens is 358 g/mol. The molecule has 2 aromatic rings. The molecule has 2 rings (SSSR count). The molecule has 0 unspecified atom stereocenters. The molecule has 1 aromatic heterocycles. The number of aromatic amines is 1. The van der Waals surface area contributed by atoms with E-state index in [0.717, 1.165) is 16.7 Å². The Morgan fingerprint density at radius 3 is 1.89 bits per heavy atom. The van der Waals surface area contributed by atoms with E-state index in [9.17, 15) is 13.2 Å². The second kappa shape index (κ2) is 7.27. The van der Waals surface area contributed by atoms with E-state index in [1.54, 1.807) is 12.3 Å². The maximum Gasteiger partial charge on any atom is 0.179 e. The number of nitrogens with one attached hydrogen (secondary N) is 1. The van der Waals surface area contributed by atoms with Gasteiger partial charge in [0.25, 0.3) is 0 Å². The van der Waals surface area contributed by atoms with E-state index in [2.05, 4.69) is 4.98 Å². The van der Waals surface area contributed by atoms with Crippen LogP contribution < -0.4 is 0 Å². The molecule has 1 aromatic carbocycles. The van der Waals surface area contributed by atoms with Crippen molar-refractivity contribution in [3.8, 4) is 0 Å². The molecule has 0 fully saturated rings. The van der Waals surface area contributed by atoms with Crippen LogP contribution in [0.25, 0.3) is 0 Å². The monoisotopic (exact) mass is 389 g/mol. The maximum atomic E-state index is 12.6. The smallest absolute Gasteiger partial charge is 0.179 e. The summed E-state index contributed by atoms with van der Waals surface area (Å²) in [6.07, 6.45) is 3.98. The first-order valence-electron chi connectivity index (χ1n) is 9.26. The highest BCUT2D eigenvalue weighted by molar-refractivity contribution is 7.90. The van der Waals surface area contributed by atoms with Gasteiger partial charge in [0.1, 0.15) is 0 Å². The highest BCUT2D eigenvalue weighted by Crippen LogP contribution is 2.38. The molecular formula is C22H31NO3S. The zero-order chi connectivity index (χ0) is 20.6. The highest BCUT2D eigenvalue weighted by Gasteiger charge is 2.31. The average Bonchev–Trinajstić information content (AvgIpc) is 3.03. The second-order valence-corrected chi connectivity index (χ2v) is 11.3. The van der Waals surface area contributed by atoms with Crippen LogP contribution in [0.15, 0.2) is 35.4 Å². The van der Waals surface area contributed by atoms with E-state index in [4.69, 9.17) is 0 Å². The van der Waals surface area contributed by atoms with Crippen molar-refractivity contribution in [2.45, 2.75) is 70.1 Å².